The first kappa shape index (κ1) is 7.31. The highest BCUT2D eigenvalue weighted by molar-refractivity contribution is 5.62. The number of carbonyl (C=O) groups is 1. The average molecular weight is 172 g/mol. The van der Waals surface area contributed by atoms with Crippen LogP contribution in [0.3, 0.4) is 0 Å². The van der Waals surface area contributed by atoms with E-state index in [0.717, 1.165) is 25.5 Å². The molecule has 66 valence electrons. The maximum Gasteiger partial charge on any atom is 0.123 e. The van der Waals surface area contributed by atoms with Crippen LogP contribution in [-0.2, 0) is 17.6 Å². The monoisotopic (exact) mass is 172 g/mol. The largest absolute Gasteiger partial charge is 0.303 e. The Hall–Kier alpha value is -1.11. The van der Waals surface area contributed by atoms with E-state index in [9.17, 15) is 4.79 Å². The molecule has 2 aliphatic carbocycles. The molecule has 2 aliphatic rings. The van der Waals surface area contributed by atoms with Gasteiger partial charge in [0.1, 0.15) is 6.29 Å². The van der Waals surface area contributed by atoms with Gasteiger partial charge >= 0.3 is 0 Å². The summed E-state index contributed by atoms with van der Waals surface area (Å²) >= 11 is 0. The number of rotatable bonds is 1. The molecule has 0 aliphatic heterocycles. The molecule has 1 spiro atoms. The minimum atomic E-state index is 0.347. The minimum Gasteiger partial charge on any atom is -0.303 e. The summed E-state index contributed by atoms with van der Waals surface area (Å²) in [4.78, 5) is 10.7. The predicted molar refractivity (Wildman–Crippen MR) is 50.5 cm³/mol. The molecule has 13 heavy (non-hydrogen) atoms. The van der Waals surface area contributed by atoms with Gasteiger partial charge in [0.05, 0.1) is 0 Å². The van der Waals surface area contributed by atoms with E-state index in [1.165, 1.54) is 11.1 Å². The first-order valence-corrected chi connectivity index (χ1v) is 4.86. The maximum atomic E-state index is 10.7. The van der Waals surface area contributed by atoms with Crippen molar-refractivity contribution in [3.63, 3.8) is 0 Å². The van der Waals surface area contributed by atoms with E-state index in [1.807, 2.05) is 0 Å². The molecule has 1 unspecified atom stereocenters. The van der Waals surface area contributed by atoms with E-state index in [1.54, 1.807) is 0 Å². The second-order valence-electron chi connectivity index (χ2n) is 4.43. The number of carbonyl (C=O) groups excluding carboxylic acids is 1. The van der Waals surface area contributed by atoms with Crippen LogP contribution in [0.4, 0.5) is 0 Å². The highest BCUT2D eigenvalue weighted by atomic mass is 16.1. The molecule has 0 aromatic heterocycles. The Morgan fingerprint density at radius 1 is 1.23 bits per heavy atom. The lowest BCUT2D eigenvalue weighted by Gasteiger charge is -2.02. The Morgan fingerprint density at radius 3 is 2.31 bits per heavy atom. The van der Waals surface area contributed by atoms with Gasteiger partial charge in [-0.1, -0.05) is 24.3 Å². The minimum absolute atomic E-state index is 0.347. The quantitative estimate of drug-likeness (QED) is 0.592. The summed E-state index contributed by atoms with van der Waals surface area (Å²) in [6, 6.07) is 8.58. The molecule has 0 amide bonds. The fourth-order valence-corrected chi connectivity index (χ4v) is 2.70. The van der Waals surface area contributed by atoms with Gasteiger partial charge in [-0.05, 0) is 35.8 Å². The van der Waals surface area contributed by atoms with Crippen molar-refractivity contribution in [2.24, 2.45) is 11.3 Å². The van der Waals surface area contributed by atoms with Crippen LogP contribution in [0, 0.1) is 11.3 Å². The normalized spacial score (nSPS) is 27.2. The second-order valence-corrected chi connectivity index (χ2v) is 4.43. The van der Waals surface area contributed by atoms with Crippen molar-refractivity contribution in [2.45, 2.75) is 19.3 Å². The maximum absolute atomic E-state index is 10.7. The van der Waals surface area contributed by atoms with Crippen molar-refractivity contribution in [3.05, 3.63) is 35.4 Å². The summed E-state index contributed by atoms with van der Waals surface area (Å²) in [5.74, 6) is 0.347. The van der Waals surface area contributed by atoms with Crippen LogP contribution in [0.5, 0.6) is 0 Å². The molecule has 3 rings (SSSR count). The summed E-state index contributed by atoms with van der Waals surface area (Å²) in [6.45, 7) is 0. The van der Waals surface area contributed by atoms with Gasteiger partial charge in [0, 0.05) is 5.92 Å². The Kier molecular flexibility index (Phi) is 1.25. The molecular formula is C12H12O. The van der Waals surface area contributed by atoms with Crippen LogP contribution in [0.15, 0.2) is 24.3 Å². The number of hydrogen-bond donors (Lipinski definition) is 0. The van der Waals surface area contributed by atoms with Crippen LogP contribution in [-0.4, -0.2) is 6.29 Å². The molecule has 1 aromatic carbocycles. The topological polar surface area (TPSA) is 17.1 Å². The molecule has 1 nitrogen and oxygen atoms in total. The third-order valence-electron chi connectivity index (χ3n) is 3.62. The van der Waals surface area contributed by atoms with Crippen LogP contribution >= 0.6 is 0 Å². The van der Waals surface area contributed by atoms with Gasteiger partial charge in [-0.2, -0.15) is 0 Å². The number of aldehydes is 1. The highest BCUT2D eigenvalue weighted by Crippen LogP contribution is 2.59. The van der Waals surface area contributed by atoms with Crippen molar-refractivity contribution < 1.29 is 4.79 Å². The van der Waals surface area contributed by atoms with Crippen molar-refractivity contribution >= 4 is 6.29 Å². The fourth-order valence-electron chi connectivity index (χ4n) is 2.70. The van der Waals surface area contributed by atoms with E-state index >= 15 is 0 Å². The van der Waals surface area contributed by atoms with Crippen LogP contribution < -0.4 is 0 Å². The van der Waals surface area contributed by atoms with Crippen LogP contribution in [0.1, 0.15) is 17.5 Å². The van der Waals surface area contributed by atoms with Crippen LogP contribution in [0.2, 0.25) is 0 Å². The van der Waals surface area contributed by atoms with E-state index in [4.69, 9.17) is 0 Å². The van der Waals surface area contributed by atoms with Crippen molar-refractivity contribution in [3.8, 4) is 0 Å². The van der Waals surface area contributed by atoms with E-state index in [2.05, 4.69) is 24.3 Å². The molecule has 0 bridgehead atoms. The van der Waals surface area contributed by atoms with E-state index in [0.29, 0.717) is 11.3 Å². The van der Waals surface area contributed by atoms with Gasteiger partial charge in [-0.25, -0.2) is 0 Å². The van der Waals surface area contributed by atoms with E-state index in [-0.39, 0.29) is 0 Å². The zero-order valence-corrected chi connectivity index (χ0v) is 7.49. The number of benzene rings is 1. The number of hydrogen-bond acceptors (Lipinski definition) is 1. The molecule has 0 heterocycles. The first-order valence-electron chi connectivity index (χ1n) is 4.86. The van der Waals surface area contributed by atoms with Gasteiger partial charge in [-0.15, -0.1) is 0 Å². The molecule has 0 N–H and O–H groups in total. The summed E-state index contributed by atoms with van der Waals surface area (Å²) < 4.78 is 0. The third kappa shape index (κ3) is 0.902. The van der Waals surface area contributed by atoms with Crippen molar-refractivity contribution in [1.29, 1.82) is 0 Å². The molecular weight excluding hydrogens is 160 g/mol. The van der Waals surface area contributed by atoms with Gasteiger partial charge in [0.15, 0.2) is 0 Å². The molecule has 1 saturated carbocycles. The molecule has 1 fully saturated rings. The van der Waals surface area contributed by atoms with Crippen molar-refractivity contribution in [2.75, 3.05) is 0 Å². The SMILES string of the molecule is O=CC1CC12Cc1ccccc1C2. The molecule has 0 saturated heterocycles. The number of fused-ring (bicyclic) bond motifs is 1. The summed E-state index contributed by atoms with van der Waals surface area (Å²) in [6.07, 6.45) is 4.52. The smallest absolute Gasteiger partial charge is 0.123 e. The molecule has 1 atom stereocenters. The third-order valence-corrected chi connectivity index (χ3v) is 3.62. The predicted octanol–water partition coefficient (Wildman–Crippen LogP) is 1.99. The Morgan fingerprint density at radius 2 is 1.85 bits per heavy atom. The highest BCUT2D eigenvalue weighted by Gasteiger charge is 2.56. The Labute approximate surface area is 77.8 Å². The van der Waals surface area contributed by atoms with Crippen LogP contribution in [0.25, 0.3) is 0 Å². The summed E-state index contributed by atoms with van der Waals surface area (Å²) in [7, 11) is 0. The van der Waals surface area contributed by atoms with Gasteiger partial charge in [0.25, 0.3) is 0 Å². The van der Waals surface area contributed by atoms with Gasteiger partial charge in [-0.3, -0.25) is 0 Å². The van der Waals surface area contributed by atoms with Crippen molar-refractivity contribution in [1.82, 2.24) is 0 Å². The van der Waals surface area contributed by atoms with E-state index < -0.39 is 0 Å². The fraction of sp³-hybridized carbons (Fsp3) is 0.417. The lowest BCUT2D eigenvalue weighted by Crippen LogP contribution is -2.03. The van der Waals surface area contributed by atoms with Gasteiger partial charge in [0.2, 0.25) is 0 Å². The zero-order chi connectivity index (χ0) is 8.89. The molecule has 1 heteroatoms. The molecule has 1 aromatic rings. The standard InChI is InChI=1S/C12H12O/c13-8-11-7-12(11)5-9-3-1-2-4-10(9)6-12/h1-4,8,11H,5-7H2. The summed E-state index contributed by atoms with van der Waals surface area (Å²) in [5.41, 5.74) is 3.28. The van der Waals surface area contributed by atoms with Gasteiger partial charge < -0.3 is 4.79 Å². The Bertz CT molecular complexity index is 342. The zero-order valence-electron chi connectivity index (χ0n) is 7.49. The average Bonchev–Trinajstić information content (AvgIpc) is 2.69. The first-order chi connectivity index (χ1) is 6.34. The second kappa shape index (κ2) is 2.22. The summed E-state index contributed by atoms with van der Waals surface area (Å²) in [5, 5.41) is 0. The Balaban J connectivity index is 1.95. The molecule has 0 radical (unpaired) electrons. The lowest BCUT2D eigenvalue weighted by molar-refractivity contribution is -0.109. The lowest BCUT2D eigenvalue weighted by atomic mass is 10.0.